The van der Waals surface area contributed by atoms with Crippen molar-refractivity contribution in [2.75, 3.05) is 45.0 Å². The van der Waals surface area contributed by atoms with Crippen molar-refractivity contribution in [3.63, 3.8) is 0 Å². The fraction of sp³-hybridized carbons (Fsp3) is 0.243. The molecule has 0 aliphatic heterocycles. The third-order valence-electron chi connectivity index (χ3n) is 6.50. The number of rotatable bonds is 20. The van der Waals surface area contributed by atoms with Gasteiger partial charge in [-0.25, -0.2) is 9.59 Å². The molecule has 0 aliphatic rings. The number of Topliss-reactive ketones (excluding diaryl/α,β-unsaturated/α-hetero) is 1. The predicted molar refractivity (Wildman–Crippen MR) is 175 cm³/mol. The first-order valence-corrected chi connectivity index (χ1v) is 15.2. The maximum atomic E-state index is 12.2. The number of hydrogen-bond acceptors (Lipinski definition) is 10. The standard InChI is InChI=1S/C37H37NO10/c39-32(24-43-22-29-7-3-1-4-8-29)21-28-11-15-33(16-12-28)47-26-36(41)45-19-20-46-37(42)27-48-34-17-13-31(14-18-34)38-35(40)25-44-23-30-9-5-2-6-10-30/h1-18H,19-27H2,(H,38,40). The number of amides is 1. The minimum Gasteiger partial charge on any atom is -0.482 e. The highest BCUT2D eigenvalue weighted by Crippen LogP contribution is 2.16. The lowest BCUT2D eigenvalue weighted by atomic mass is 10.1. The van der Waals surface area contributed by atoms with E-state index in [4.69, 9.17) is 28.4 Å². The van der Waals surface area contributed by atoms with Crippen molar-refractivity contribution in [3.8, 4) is 11.5 Å². The quantitative estimate of drug-likeness (QED) is 0.105. The molecular formula is C37H37NO10. The van der Waals surface area contributed by atoms with Crippen molar-refractivity contribution in [1.82, 2.24) is 0 Å². The number of esters is 2. The Kier molecular flexibility index (Phi) is 14.6. The van der Waals surface area contributed by atoms with Crippen LogP contribution in [0.1, 0.15) is 16.7 Å². The second kappa shape index (κ2) is 19.9. The first-order valence-electron chi connectivity index (χ1n) is 15.2. The molecule has 4 aromatic carbocycles. The molecule has 11 nitrogen and oxygen atoms in total. The Morgan fingerprint density at radius 2 is 0.979 bits per heavy atom. The summed E-state index contributed by atoms with van der Waals surface area (Å²) in [5.74, 6) is -0.774. The van der Waals surface area contributed by atoms with E-state index in [0.29, 0.717) is 30.4 Å². The van der Waals surface area contributed by atoms with Crippen LogP contribution in [0, 0.1) is 0 Å². The first-order chi connectivity index (χ1) is 23.4. The van der Waals surface area contributed by atoms with Gasteiger partial charge in [-0.1, -0.05) is 72.8 Å². The number of anilines is 1. The van der Waals surface area contributed by atoms with Crippen LogP contribution in [0.15, 0.2) is 109 Å². The van der Waals surface area contributed by atoms with E-state index in [9.17, 15) is 19.2 Å². The van der Waals surface area contributed by atoms with Crippen LogP contribution in [0.2, 0.25) is 0 Å². The van der Waals surface area contributed by atoms with E-state index in [0.717, 1.165) is 16.7 Å². The SMILES string of the molecule is O=C(COCc1ccccc1)Cc1ccc(OCC(=O)OCCOC(=O)COc2ccc(NC(=O)COCc3ccccc3)cc2)cc1. The van der Waals surface area contributed by atoms with E-state index >= 15 is 0 Å². The third-order valence-corrected chi connectivity index (χ3v) is 6.50. The van der Waals surface area contributed by atoms with Crippen LogP contribution in [-0.4, -0.2) is 63.3 Å². The van der Waals surface area contributed by atoms with Crippen molar-refractivity contribution in [2.24, 2.45) is 0 Å². The molecule has 4 rings (SSSR count). The van der Waals surface area contributed by atoms with Gasteiger partial charge < -0.3 is 33.7 Å². The normalized spacial score (nSPS) is 10.5. The Morgan fingerprint density at radius 3 is 1.50 bits per heavy atom. The molecule has 250 valence electrons. The van der Waals surface area contributed by atoms with Crippen LogP contribution >= 0.6 is 0 Å². The van der Waals surface area contributed by atoms with Gasteiger partial charge in [-0.2, -0.15) is 0 Å². The number of hydrogen-bond donors (Lipinski definition) is 1. The van der Waals surface area contributed by atoms with Gasteiger partial charge >= 0.3 is 11.9 Å². The maximum absolute atomic E-state index is 12.2. The summed E-state index contributed by atoms with van der Waals surface area (Å²) in [5, 5.41) is 2.72. The summed E-state index contributed by atoms with van der Waals surface area (Å²) >= 11 is 0. The summed E-state index contributed by atoms with van der Waals surface area (Å²) < 4.78 is 31.8. The highest BCUT2D eigenvalue weighted by molar-refractivity contribution is 5.91. The second-order valence-corrected chi connectivity index (χ2v) is 10.4. The number of ether oxygens (including phenoxy) is 6. The zero-order valence-corrected chi connectivity index (χ0v) is 26.3. The van der Waals surface area contributed by atoms with Crippen LogP contribution in [0.25, 0.3) is 0 Å². The average molecular weight is 656 g/mol. The summed E-state index contributed by atoms with van der Waals surface area (Å²) in [6.07, 6.45) is 0.221. The Bertz CT molecular complexity index is 1460. The molecule has 0 spiro atoms. The van der Waals surface area contributed by atoms with E-state index < -0.39 is 11.9 Å². The minimum absolute atomic E-state index is 0.0184. The van der Waals surface area contributed by atoms with E-state index in [1.807, 2.05) is 60.7 Å². The van der Waals surface area contributed by atoms with Crippen LogP contribution in [0.5, 0.6) is 11.5 Å². The minimum atomic E-state index is -0.642. The molecule has 0 bridgehead atoms. The van der Waals surface area contributed by atoms with Gasteiger partial charge in [0.1, 0.15) is 37.9 Å². The van der Waals surface area contributed by atoms with Crippen molar-refractivity contribution in [2.45, 2.75) is 19.6 Å². The molecule has 1 amide bonds. The van der Waals surface area contributed by atoms with E-state index in [2.05, 4.69) is 5.32 Å². The Morgan fingerprint density at radius 1 is 0.500 bits per heavy atom. The molecule has 0 atom stereocenters. The largest absolute Gasteiger partial charge is 0.482 e. The molecule has 0 heterocycles. The lowest BCUT2D eigenvalue weighted by Gasteiger charge is -2.10. The lowest BCUT2D eigenvalue weighted by Crippen LogP contribution is -2.21. The fourth-order valence-corrected chi connectivity index (χ4v) is 4.19. The summed E-state index contributed by atoms with van der Waals surface area (Å²) in [5.41, 5.74) is 3.32. The van der Waals surface area contributed by atoms with Crippen molar-refractivity contribution >= 4 is 29.3 Å². The number of nitrogens with one attached hydrogen (secondary N) is 1. The number of carbonyl (C=O) groups excluding carboxylic acids is 4. The van der Waals surface area contributed by atoms with Gasteiger partial charge in [-0.05, 0) is 53.1 Å². The molecular weight excluding hydrogens is 618 g/mol. The zero-order valence-electron chi connectivity index (χ0n) is 26.3. The first kappa shape index (κ1) is 35.3. The van der Waals surface area contributed by atoms with Crippen molar-refractivity contribution in [3.05, 3.63) is 126 Å². The highest BCUT2D eigenvalue weighted by atomic mass is 16.6. The molecule has 48 heavy (non-hydrogen) atoms. The van der Waals surface area contributed by atoms with Gasteiger partial charge in [0, 0.05) is 12.1 Å². The van der Waals surface area contributed by atoms with Crippen LogP contribution < -0.4 is 14.8 Å². The summed E-state index contributed by atoms with van der Waals surface area (Å²) in [6.45, 7) is -0.342. The summed E-state index contributed by atoms with van der Waals surface area (Å²) in [7, 11) is 0. The molecule has 4 aromatic rings. The van der Waals surface area contributed by atoms with Gasteiger partial charge in [0.2, 0.25) is 5.91 Å². The molecule has 0 aromatic heterocycles. The van der Waals surface area contributed by atoms with Crippen LogP contribution in [-0.2, 0) is 57.8 Å². The van der Waals surface area contributed by atoms with Gasteiger partial charge in [0.05, 0.1) is 13.2 Å². The van der Waals surface area contributed by atoms with Crippen LogP contribution in [0.4, 0.5) is 5.69 Å². The number of carbonyl (C=O) groups is 4. The molecule has 0 saturated carbocycles. The Balaban J connectivity index is 1.01. The predicted octanol–water partition coefficient (Wildman–Crippen LogP) is 4.71. The van der Waals surface area contributed by atoms with Gasteiger partial charge in [-0.3, -0.25) is 9.59 Å². The van der Waals surface area contributed by atoms with Crippen molar-refractivity contribution in [1.29, 1.82) is 0 Å². The van der Waals surface area contributed by atoms with Crippen molar-refractivity contribution < 1.29 is 47.6 Å². The molecule has 0 unspecified atom stereocenters. The second-order valence-electron chi connectivity index (χ2n) is 10.4. The Hall–Kier alpha value is -5.52. The molecule has 1 N–H and O–H groups in total. The van der Waals surface area contributed by atoms with Gasteiger partial charge in [0.25, 0.3) is 0 Å². The average Bonchev–Trinajstić information content (AvgIpc) is 3.10. The third kappa shape index (κ3) is 13.9. The van der Waals surface area contributed by atoms with E-state index in [-0.39, 0.29) is 57.8 Å². The molecule has 0 saturated heterocycles. The van der Waals surface area contributed by atoms with E-state index in [1.54, 1.807) is 48.5 Å². The molecule has 0 fully saturated rings. The number of ketones is 1. The fourth-order valence-electron chi connectivity index (χ4n) is 4.19. The Labute approximate surface area is 278 Å². The topological polar surface area (TPSA) is 136 Å². The number of benzene rings is 4. The summed E-state index contributed by atoms with van der Waals surface area (Å²) in [6, 6.07) is 32.5. The van der Waals surface area contributed by atoms with Crippen LogP contribution in [0.3, 0.4) is 0 Å². The zero-order chi connectivity index (χ0) is 33.8. The molecule has 11 heteroatoms. The molecule has 0 aliphatic carbocycles. The van der Waals surface area contributed by atoms with Gasteiger partial charge in [-0.15, -0.1) is 0 Å². The monoisotopic (exact) mass is 655 g/mol. The summed E-state index contributed by atoms with van der Waals surface area (Å²) in [4.78, 5) is 48.3. The van der Waals surface area contributed by atoms with Gasteiger partial charge in [0.15, 0.2) is 19.0 Å². The van der Waals surface area contributed by atoms with E-state index in [1.165, 1.54) is 0 Å². The lowest BCUT2D eigenvalue weighted by molar-refractivity contribution is -0.154. The molecule has 0 radical (unpaired) electrons. The highest BCUT2D eigenvalue weighted by Gasteiger charge is 2.10. The maximum Gasteiger partial charge on any atom is 0.344 e. The smallest absolute Gasteiger partial charge is 0.344 e.